The fourth-order valence-electron chi connectivity index (χ4n) is 4.42. The van der Waals surface area contributed by atoms with Gasteiger partial charge < -0.3 is 24.6 Å². The second-order valence-electron chi connectivity index (χ2n) is 8.35. The maximum Gasteiger partial charge on any atom is 0.193 e. The first-order valence-corrected chi connectivity index (χ1v) is 11.7. The fourth-order valence-corrected chi connectivity index (χ4v) is 4.42. The number of likely N-dealkylation sites (N-methyl/N-ethyl adjacent to an activating group) is 1. The van der Waals surface area contributed by atoms with Gasteiger partial charge in [0.25, 0.3) is 0 Å². The minimum atomic E-state index is 0.306. The standard InChI is InChI=1S/C24H40N4O2/c1-4-27(23-11-6-5-9-20(23)2)17-14-26-24(25-3)28-15-12-21(13-16-28)30-19-22-10-7-8-18-29-22/h5-6,9,11,21-22H,4,7-8,10,12-19H2,1-3H3,(H,25,26). The molecule has 30 heavy (non-hydrogen) atoms. The average molecular weight is 417 g/mol. The Morgan fingerprint density at radius 3 is 2.70 bits per heavy atom. The third-order valence-electron chi connectivity index (χ3n) is 6.25. The van der Waals surface area contributed by atoms with Gasteiger partial charge in [-0.05, 0) is 57.6 Å². The van der Waals surface area contributed by atoms with Gasteiger partial charge in [-0.1, -0.05) is 18.2 Å². The molecule has 2 fully saturated rings. The number of rotatable bonds is 8. The van der Waals surface area contributed by atoms with Crippen molar-refractivity contribution in [3.8, 4) is 0 Å². The number of benzene rings is 1. The summed E-state index contributed by atoms with van der Waals surface area (Å²) < 4.78 is 11.9. The molecule has 3 rings (SSSR count). The van der Waals surface area contributed by atoms with Gasteiger partial charge in [0, 0.05) is 52.1 Å². The molecule has 168 valence electrons. The minimum Gasteiger partial charge on any atom is -0.376 e. The molecule has 0 aromatic heterocycles. The molecular formula is C24H40N4O2. The van der Waals surface area contributed by atoms with Crippen LogP contribution in [0.5, 0.6) is 0 Å². The highest BCUT2D eigenvalue weighted by molar-refractivity contribution is 5.80. The van der Waals surface area contributed by atoms with E-state index in [2.05, 4.69) is 58.2 Å². The second kappa shape index (κ2) is 12.2. The molecule has 0 bridgehead atoms. The summed E-state index contributed by atoms with van der Waals surface area (Å²) in [5, 5.41) is 3.57. The molecule has 0 radical (unpaired) electrons. The van der Waals surface area contributed by atoms with E-state index in [1.165, 1.54) is 24.1 Å². The predicted octanol–water partition coefficient (Wildman–Crippen LogP) is 3.45. The number of hydrogen-bond acceptors (Lipinski definition) is 4. The van der Waals surface area contributed by atoms with Crippen molar-refractivity contribution in [3.05, 3.63) is 29.8 Å². The normalized spacial score (nSPS) is 21.0. The Labute approximate surface area is 182 Å². The van der Waals surface area contributed by atoms with Crippen molar-refractivity contribution >= 4 is 11.6 Å². The molecular weight excluding hydrogens is 376 g/mol. The van der Waals surface area contributed by atoms with Crippen molar-refractivity contribution in [2.75, 3.05) is 57.9 Å². The van der Waals surface area contributed by atoms with E-state index in [0.29, 0.717) is 12.2 Å². The molecule has 0 aliphatic carbocycles. The molecule has 1 atom stereocenters. The lowest BCUT2D eigenvalue weighted by atomic mass is 10.1. The van der Waals surface area contributed by atoms with Crippen molar-refractivity contribution in [1.29, 1.82) is 0 Å². The van der Waals surface area contributed by atoms with Crippen LogP contribution in [0.2, 0.25) is 0 Å². The summed E-state index contributed by atoms with van der Waals surface area (Å²) in [7, 11) is 1.88. The van der Waals surface area contributed by atoms with Gasteiger partial charge in [-0.2, -0.15) is 0 Å². The van der Waals surface area contributed by atoms with Crippen molar-refractivity contribution in [2.24, 2.45) is 4.99 Å². The Hall–Kier alpha value is -1.79. The number of aryl methyl sites for hydroxylation is 1. The van der Waals surface area contributed by atoms with E-state index in [4.69, 9.17) is 9.47 Å². The average Bonchev–Trinajstić information content (AvgIpc) is 2.80. The predicted molar refractivity (Wildman–Crippen MR) is 125 cm³/mol. The van der Waals surface area contributed by atoms with E-state index in [1.807, 2.05) is 7.05 Å². The number of hydrogen-bond donors (Lipinski definition) is 1. The number of aliphatic imine (C=N–C) groups is 1. The van der Waals surface area contributed by atoms with Crippen LogP contribution in [0.4, 0.5) is 5.69 Å². The molecule has 2 aliphatic heterocycles. The number of piperidine rings is 1. The maximum atomic E-state index is 6.15. The highest BCUT2D eigenvalue weighted by atomic mass is 16.5. The Bertz CT molecular complexity index is 652. The van der Waals surface area contributed by atoms with Gasteiger partial charge in [0.05, 0.1) is 18.8 Å². The van der Waals surface area contributed by atoms with E-state index >= 15 is 0 Å². The molecule has 1 aromatic rings. The Morgan fingerprint density at radius 2 is 2.03 bits per heavy atom. The Morgan fingerprint density at radius 1 is 1.23 bits per heavy atom. The fraction of sp³-hybridized carbons (Fsp3) is 0.708. The molecule has 1 N–H and O–H groups in total. The van der Waals surface area contributed by atoms with Crippen molar-refractivity contribution in [2.45, 2.75) is 58.2 Å². The van der Waals surface area contributed by atoms with Crippen LogP contribution < -0.4 is 10.2 Å². The summed E-state index contributed by atoms with van der Waals surface area (Å²) in [5.41, 5.74) is 2.64. The monoisotopic (exact) mass is 416 g/mol. The van der Waals surface area contributed by atoms with Crippen LogP contribution in [-0.2, 0) is 9.47 Å². The Kier molecular flexibility index (Phi) is 9.27. The van der Waals surface area contributed by atoms with E-state index < -0.39 is 0 Å². The zero-order valence-corrected chi connectivity index (χ0v) is 19.1. The highest BCUT2D eigenvalue weighted by Crippen LogP contribution is 2.19. The molecule has 1 aromatic carbocycles. The van der Waals surface area contributed by atoms with Crippen LogP contribution in [0.15, 0.2) is 29.3 Å². The number of nitrogens with one attached hydrogen (secondary N) is 1. The summed E-state index contributed by atoms with van der Waals surface area (Å²) >= 11 is 0. The first kappa shape index (κ1) is 22.9. The number of para-hydroxylation sites is 1. The molecule has 1 unspecified atom stereocenters. The summed E-state index contributed by atoms with van der Waals surface area (Å²) in [4.78, 5) is 9.30. The van der Waals surface area contributed by atoms with Crippen LogP contribution in [0.25, 0.3) is 0 Å². The van der Waals surface area contributed by atoms with Crippen LogP contribution in [0, 0.1) is 6.92 Å². The largest absolute Gasteiger partial charge is 0.376 e. The molecule has 0 saturated carbocycles. The number of anilines is 1. The summed E-state index contributed by atoms with van der Waals surface area (Å²) in [6.45, 7) is 10.9. The minimum absolute atomic E-state index is 0.306. The van der Waals surface area contributed by atoms with Crippen LogP contribution in [0.3, 0.4) is 0 Å². The molecule has 6 heteroatoms. The number of nitrogens with zero attached hydrogens (tertiary/aromatic N) is 3. The number of ether oxygens (including phenoxy) is 2. The van der Waals surface area contributed by atoms with Gasteiger partial charge in [0.2, 0.25) is 0 Å². The number of guanidine groups is 1. The van der Waals surface area contributed by atoms with E-state index in [1.54, 1.807) is 0 Å². The lowest BCUT2D eigenvalue weighted by Gasteiger charge is -2.35. The van der Waals surface area contributed by atoms with E-state index in [-0.39, 0.29) is 0 Å². The highest BCUT2D eigenvalue weighted by Gasteiger charge is 2.23. The van der Waals surface area contributed by atoms with Crippen LogP contribution in [-0.4, -0.2) is 76.1 Å². The van der Waals surface area contributed by atoms with Crippen molar-refractivity contribution in [3.63, 3.8) is 0 Å². The molecule has 2 saturated heterocycles. The van der Waals surface area contributed by atoms with Crippen molar-refractivity contribution < 1.29 is 9.47 Å². The van der Waals surface area contributed by atoms with Crippen LogP contribution >= 0.6 is 0 Å². The zero-order chi connectivity index (χ0) is 21.2. The molecule has 6 nitrogen and oxygen atoms in total. The molecule has 0 spiro atoms. The molecule has 2 aliphatic rings. The topological polar surface area (TPSA) is 49.3 Å². The first-order valence-electron chi connectivity index (χ1n) is 11.7. The Balaban J connectivity index is 1.38. The van der Waals surface area contributed by atoms with Crippen molar-refractivity contribution in [1.82, 2.24) is 10.2 Å². The first-order chi connectivity index (χ1) is 14.7. The van der Waals surface area contributed by atoms with Gasteiger partial charge in [-0.15, -0.1) is 0 Å². The van der Waals surface area contributed by atoms with Gasteiger partial charge in [-0.3, -0.25) is 4.99 Å². The summed E-state index contributed by atoms with van der Waals surface area (Å²) in [6.07, 6.45) is 6.38. The van der Waals surface area contributed by atoms with Gasteiger partial charge in [0.15, 0.2) is 5.96 Å². The quantitative estimate of drug-likeness (QED) is 0.520. The van der Waals surface area contributed by atoms with Gasteiger partial charge in [0.1, 0.15) is 0 Å². The van der Waals surface area contributed by atoms with E-state index in [9.17, 15) is 0 Å². The lowest BCUT2D eigenvalue weighted by molar-refractivity contribution is -0.0721. The van der Waals surface area contributed by atoms with Gasteiger partial charge in [-0.25, -0.2) is 0 Å². The summed E-state index contributed by atoms with van der Waals surface area (Å²) in [5.74, 6) is 1.00. The maximum absolute atomic E-state index is 6.15. The zero-order valence-electron chi connectivity index (χ0n) is 19.1. The number of likely N-dealkylation sites (tertiary alicyclic amines) is 1. The van der Waals surface area contributed by atoms with E-state index in [0.717, 1.165) is 71.2 Å². The molecule has 2 heterocycles. The second-order valence-corrected chi connectivity index (χ2v) is 8.35. The van der Waals surface area contributed by atoms with Crippen LogP contribution in [0.1, 0.15) is 44.6 Å². The third-order valence-corrected chi connectivity index (χ3v) is 6.25. The summed E-state index contributed by atoms with van der Waals surface area (Å²) in [6, 6.07) is 8.60. The van der Waals surface area contributed by atoms with Gasteiger partial charge >= 0.3 is 0 Å². The smallest absolute Gasteiger partial charge is 0.193 e. The molecule has 0 amide bonds. The SMILES string of the molecule is CCN(CCNC(=NC)N1CCC(OCC2CCCCO2)CC1)c1ccccc1C. The lowest BCUT2D eigenvalue weighted by Crippen LogP contribution is -2.48. The third kappa shape index (κ3) is 6.61.